The van der Waals surface area contributed by atoms with E-state index in [4.69, 9.17) is 4.74 Å². The summed E-state index contributed by atoms with van der Waals surface area (Å²) in [6.45, 7) is 0. The molecular weight excluding hydrogens is 454 g/mol. The molecule has 1 N–H and O–H groups in total. The molecule has 5 rings (SSSR count). The van der Waals surface area contributed by atoms with Crippen molar-refractivity contribution in [3.8, 4) is 11.5 Å². The molecule has 4 aromatic carbocycles. The van der Waals surface area contributed by atoms with Crippen LogP contribution in [0, 0.1) is 5.92 Å². The average Bonchev–Trinajstić information content (AvgIpc) is 2.91. The van der Waals surface area contributed by atoms with Crippen LogP contribution in [0.1, 0.15) is 48.3 Å². The van der Waals surface area contributed by atoms with Gasteiger partial charge in [0.25, 0.3) is 0 Å². The van der Waals surface area contributed by atoms with E-state index in [-0.39, 0.29) is 11.8 Å². The molecule has 1 aliphatic carbocycles. The van der Waals surface area contributed by atoms with E-state index in [1.807, 2.05) is 42.5 Å². The van der Waals surface area contributed by atoms with E-state index in [2.05, 4.69) is 85.7 Å². The van der Waals surface area contributed by atoms with Gasteiger partial charge in [-0.05, 0) is 65.8 Å². The molecule has 1 aliphatic rings. The summed E-state index contributed by atoms with van der Waals surface area (Å²) in [5, 5.41) is 12.4. The van der Waals surface area contributed by atoms with Gasteiger partial charge < -0.3 is 14.7 Å². The van der Waals surface area contributed by atoms with Gasteiger partial charge in [0.1, 0.15) is 11.5 Å². The Bertz CT molecular complexity index is 1290. The molecule has 37 heavy (non-hydrogen) atoms. The van der Waals surface area contributed by atoms with Crippen LogP contribution >= 0.6 is 0 Å². The molecule has 0 saturated heterocycles. The number of nitrogens with zero attached hydrogens (tertiary/aromatic N) is 1. The number of rotatable bonds is 8. The van der Waals surface area contributed by atoms with Crippen LogP contribution in [0.25, 0.3) is 0 Å². The first-order valence-electron chi connectivity index (χ1n) is 13.4. The number of hydrogen-bond donors (Lipinski definition) is 1. The Morgan fingerprint density at radius 3 is 2.24 bits per heavy atom. The molecule has 0 bridgehead atoms. The number of aliphatic hydroxyl groups is 1. The Balaban J connectivity index is 1.60. The summed E-state index contributed by atoms with van der Waals surface area (Å²) < 4.78 is 6.24. The molecule has 190 valence electrons. The van der Waals surface area contributed by atoms with E-state index in [0.717, 1.165) is 37.2 Å². The molecule has 0 aromatic heterocycles. The lowest BCUT2D eigenvalue weighted by Gasteiger charge is -2.45. The second-order valence-electron chi connectivity index (χ2n) is 10.5. The van der Waals surface area contributed by atoms with Gasteiger partial charge in [-0.15, -0.1) is 0 Å². The van der Waals surface area contributed by atoms with E-state index in [0.29, 0.717) is 6.42 Å². The molecule has 3 atom stereocenters. The number of hydrogen-bond acceptors (Lipinski definition) is 3. The van der Waals surface area contributed by atoms with E-state index in [1.54, 1.807) is 0 Å². The minimum atomic E-state index is -0.792. The summed E-state index contributed by atoms with van der Waals surface area (Å²) in [5.74, 6) is 1.75. The maximum atomic E-state index is 12.4. The van der Waals surface area contributed by atoms with Gasteiger partial charge in [0.15, 0.2) is 0 Å². The van der Waals surface area contributed by atoms with E-state index < -0.39 is 5.60 Å². The van der Waals surface area contributed by atoms with E-state index >= 15 is 0 Å². The summed E-state index contributed by atoms with van der Waals surface area (Å²) in [5.41, 5.74) is 4.02. The zero-order valence-electron chi connectivity index (χ0n) is 21.9. The third-order valence-electron chi connectivity index (χ3n) is 7.77. The monoisotopic (exact) mass is 491 g/mol. The van der Waals surface area contributed by atoms with Crippen molar-refractivity contribution < 1.29 is 9.84 Å². The Morgan fingerprint density at radius 1 is 0.811 bits per heavy atom. The maximum Gasteiger partial charge on any atom is 0.127 e. The molecule has 4 aromatic rings. The van der Waals surface area contributed by atoms with Crippen LogP contribution in [0.5, 0.6) is 11.5 Å². The van der Waals surface area contributed by atoms with Crippen LogP contribution in [-0.4, -0.2) is 24.8 Å². The fourth-order valence-corrected chi connectivity index (χ4v) is 6.08. The van der Waals surface area contributed by atoms with Crippen molar-refractivity contribution in [2.24, 2.45) is 5.92 Å². The van der Waals surface area contributed by atoms with Crippen LogP contribution in [0.3, 0.4) is 0 Å². The van der Waals surface area contributed by atoms with Crippen LogP contribution in [-0.2, 0) is 6.42 Å². The van der Waals surface area contributed by atoms with Gasteiger partial charge in [0.2, 0.25) is 0 Å². The van der Waals surface area contributed by atoms with Crippen molar-refractivity contribution in [2.45, 2.75) is 43.6 Å². The Morgan fingerprint density at radius 2 is 1.49 bits per heavy atom. The number of ether oxygens (including phenoxy) is 1. The van der Waals surface area contributed by atoms with Gasteiger partial charge in [0, 0.05) is 32.1 Å². The Hall–Kier alpha value is -3.56. The summed E-state index contributed by atoms with van der Waals surface area (Å²) in [7, 11) is 4.20. The topological polar surface area (TPSA) is 32.7 Å². The highest BCUT2D eigenvalue weighted by atomic mass is 16.5. The molecule has 1 saturated carbocycles. The van der Waals surface area contributed by atoms with Crippen molar-refractivity contribution in [1.82, 2.24) is 0 Å². The number of anilines is 1. The van der Waals surface area contributed by atoms with E-state index in [9.17, 15) is 5.11 Å². The normalized spacial score (nSPS) is 20.2. The second-order valence-corrected chi connectivity index (χ2v) is 10.5. The van der Waals surface area contributed by atoms with Gasteiger partial charge in [-0.3, -0.25) is 0 Å². The second kappa shape index (κ2) is 11.2. The lowest BCUT2D eigenvalue weighted by atomic mass is 9.63. The van der Waals surface area contributed by atoms with Crippen molar-refractivity contribution in [1.29, 1.82) is 0 Å². The van der Waals surface area contributed by atoms with Gasteiger partial charge in [-0.25, -0.2) is 0 Å². The summed E-state index contributed by atoms with van der Waals surface area (Å²) >= 11 is 0. The molecule has 0 spiro atoms. The van der Waals surface area contributed by atoms with E-state index in [1.165, 1.54) is 22.4 Å². The van der Waals surface area contributed by atoms with Crippen LogP contribution in [0.2, 0.25) is 0 Å². The minimum Gasteiger partial charge on any atom is -0.457 e. The molecule has 0 heterocycles. The van der Waals surface area contributed by atoms with Gasteiger partial charge in [0.05, 0.1) is 5.60 Å². The predicted octanol–water partition coefficient (Wildman–Crippen LogP) is 7.84. The van der Waals surface area contributed by atoms with Crippen molar-refractivity contribution in [3.05, 3.63) is 126 Å². The van der Waals surface area contributed by atoms with Crippen molar-refractivity contribution in [2.75, 3.05) is 19.0 Å². The molecular formula is C34H37NO2. The van der Waals surface area contributed by atoms with Gasteiger partial charge >= 0.3 is 0 Å². The van der Waals surface area contributed by atoms with Crippen LogP contribution < -0.4 is 9.64 Å². The largest absolute Gasteiger partial charge is 0.457 e. The fraction of sp³-hybridized carbons (Fsp3) is 0.294. The first-order chi connectivity index (χ1) is 18.0. The first-order valence-corrected chi connectivity index (χ1v) is 13.4. The molecule has 3 nitrogen and oxygen atoms in total. The lowest BCUT2D eigenvalue weighted by molar-refractivity contribution is -0.0539. The molecule has 3 unspecified atom stereocenters. The summed E-state index contributed by atoms with van der Waals surface area (Å²) in [6, 6.07) is 37.5. The Kier molecular flexibility index (Phi) is 7.62. The smallest absolute Gasteiger partial charge is 0.127 e. The molecule has 1 fully saturated rings. The molecule has 0 aliphatic heterocycles. The Labute approximate surface area is 221 Å². The van der Waals surface area contributed by atoms with Gasteiger partial charge in [-0.1, -0.05) is 91.7 Å². The van der Waals surface area contributed by atoms with Crippen molar-refractivity contribution in [3.63, 3.8) is 0 Å². The third kappa shape index (κ3) is 5.73. The zero-order valence-corrected chi connectivity index (χ0v) is 21.9. The summed E-state index contributed by atoms with van der Waals surface area (Å²) in [4.78, 5) is 2.19. The quantitative estimate of drug-likeness (QED) is 0.272. The van der Waals surface area contributed by atoms with Crippen LogP contribution in [0.4, 0.5) is 5.69 Å². The number of para-hydroxylation sites is 2. The highest BCUT2D eigenvalue weighted by molar-refractivity contribution is 5.57. The zero-order chi connectivity index (χ0) is 25.7. The third-order valence-corrected chi connectivity index (χ3v) is 7.77. The van der Waals surface area contributed by atoms with Crippen LogP contribution in [0.15, 0.2) is 109 Å². The molecule has 3 heteroatoms. The average molecular weight is 492 g/mol. The first kappa shape index (κ1) is 25.1. The molecule has 0 amide bonds. The highest BCUT2D eigenvalue weighted by Gasteiger charge is 2.44. The maximum absolute atomic E-state index is 12.4. The SMILES string of the molecule is CN(C)c1ccccc1C(c1cccc(Oc2ccccc2)c1)C1CCCCC1(O)Cc1ccccc1. The number of benzene rings is 4. The highest BCUT2D eigenvalue weighted by Crippen LogP contribution is 2.49. The molecule has 0 radical (unpaired) electrons. The lowest BCUT2D eigenvalue weighted by Crippen LogP contribution is -2.46. The van der Waals surface area contributed by atoms with Crippen molar-refractivity contribution >= 4 is 5.69 Å². The minimum absolute atomic E-state index is 0.0342. The summed E-state index contributed by atoms with van der Waals surface area (Å²) in [6.07, 6.45) is 4.65. The standard InChI is InChI=1S/C34H37NO2/c1-35(2)32-22-10-9-20-30(32)33(27-16-13-19-29(24-27)37-28-17-7-4-8-18-28)31-21-11-12-23-34(31,36)25-26-14-5-3-6-15-26/h3-10,13-20,22,24,31,33,36H,11-12,21,23,25H2,1-2H3. The fourth-order valence-electron chi connectivity index (χ4n) is 6.08. The van der Waals surface area contributed by atoms with Gasteiger partial charge in [-0.2, -0.15) is 0 Å². The predicted molar refractivity (Wildman–Crippen MR) is 153 cm³/mol.